The van der Waals surface area contributed by atoms with Crippen molar-refractivity contribution in [2.75, 3.05) is 12.0 Å². The van der Waals surface area contributed by atoms with Crippen LogP contribution in [0, 0.1) is 20.8 Å². The Morgan fingerprint density at radius 2 is 1.79 bits per heavy atom. The Labute approximate surface area is 142 Å². The van der Waals surface area contributed by atoms with Crippen LogP contribution in [0.3, 0.4) is 0 Å². The van der Waals surface area contributed by atoms with E-state index in [0.29, 0.717) is 6.61 Å². The van der Waals surface area contributed by atoms with Crippen LogP contribution >= 0.6 is 0 Å². The molecular weight excluding hydrogens is 298 g/mol. The fraction of sp³-hybridized carbons (Fsp3) is 0.350. The van der Waals surface area contributed by atoms with Crippen molar-refractivity contribution >= 4 is 11.5 Å². The van der Waals surface area contributed by atoms with Gasteiger partial charge in [0.25, 0.3) is 5.84 Å². The fourth-order valence-corrected chi connectivity index (χ4v) is 3.89. The lowest BCUT2D eigenvalue weighted by molar-refractivity contribution is -0.536. The van der Waals surface area contributed by atoms with Crippen molar-refractivity contribution in [3.05, 3.63) is 64.2 Å². The minimum absolute atomic E-state index is 0.232. The Kier molecular flexibility index (Phi) is 3.77. The van der Waals surface area contributed by atoms with Gasteiger partial charge in [-0.05, 0) is 37.5 Å². The number of hydrogen-bond donors (Lipinski definition) is 3. The van der Waals surface area contributed by atoms with Crippen LogP contribution in [0.25, 0.3) is 0 Å². The van der Waals surface area contributed by atoms with Gasteiger partial charge in [-0.2, -0.15) is 5.43 Å². The van der Waals surface area contributed by atoms with Gasteiger partial charge in [0.05, 0.1) is 5.69 Å². The van der Waals surface area contributed by atoms with E-state index in [1.165, 1.54) is 27.8 Å². The van der Waals surface area contributed by atoms with Gasteiger partial charge in [0.15, 0.2) is 0 Å². The molecule has 1 aliphatic heterocycles. The van der Waals surface area contributed by atoms with Crippen LogP contribution < -0.4 is 15.8 Å². The summed E-state index contributed by atoms with van der Waals surface area (Å²) >= 11 is 0. The second kappa shape index (κ2) is 5.95. The molecule has 0 saturated carbocycles. The number of rotatable bonds is 2. The monoisotopic (exact) mass is 322 g/mol. The number of anilines is 1. The topological polar surface area (TPSA) is 47.3 Å². The Bertz CT molecular complexity index is 789. The predicted molar refractivity (Wildman–Crippen MR) is 96.0 cm³/mol. The predicted octanol–water partition coefficient (Wildman–Crippen LogP) is 1.70. The highest BCUT2D eigenvalue weighted by Crippen LogP contribution is 2.31. The van der Waals surface area contributed by atoms with E-state index in [4.69, 9.17) is 4.74 Å². The minimum atomic E-state index is 0.232. The molecule has 2 aromatic rings. The minimum Gasteiger partial charge on any atom is -0.360 e. The molecule has 0 amide bonds. The van der Waals surface area contributed by atoms with Crippen LogP contribution in [0.4, 0.5) is 5.69 Å². The first-order valence-electron chi connectivity index (χ1n) is 8.53. The first-order chi connectivity index (χ1) is 11.6. The number of nitrogens with one attached hydrogen (secondary N) is 3. The summed E-state index contributed by atoms with van der Waals surface area (Å²) in [6.45, 7) is 6.96. The highest BCUT2D eigenvalue weighted by atomic mass is 16.5. The number of benzene rings is 2. The summed E-state index contributed by atoms with van der Waals surface area (Å²) < 4.78 is 6.06. The second-order valence-corrected chi connectivity index (χ2v) is 6.88. The van der Waals surface area contributed by atoms with E-state index in [1.54, 1.807) is 0 Å². The Morgan fingerprint density at radius 3 is 2.58 bits per heavy atom. The molecule has 1 heterocycles. The van der Waals surface area contributed by atoms with Crippen molar-refractivity contribution in [2.24, 2.45) is 0 Å². The standard InChI is InChI=1S/C20H23N3O/c1-12-8-13(2)19(14(3)9-12)23-22-18-11-24-17-10-15-6-4-5-7-16(15)20(17)21-18/h4-9,17,20,23H,10-11H2,1-3H3,(H,21,22)/p+1/t17-,20+/m0/s1. The first-order valence-corrected chi connectivity index (χ1v) is 8.53. The first kappa shape index (κ1) is 15.2. The quantitative estimate of drug-likeness (QED) is 0.738. The third-order valence-electron chi connectivity index (χ3n) is 4.97. The van der Waals surface area contributed by atoms with E-state index in [-0.39, 0.29) is 12.1 Å². The molecule has 0 spiro atoms. The zero-order valence-corrected chi connectivity index (χ0v) is 14.4. The van der Waals surface area contributed by atoms with Crippen molar-refractivity contribution in [3.8, 4) is 0 Å². The van der Waals surface area contributed by atoms with Gasteiger partial charge in [-0.15, -0.1) is 0 Å². The Hall–Kier alpha value is -2.33. The number of fused-ring (bicyclic) bond motifs is 3. The lowest BCUT2D eigenvalue weighted by Gasteiger charge is -2.22. The van der Waals surface area contributed by atoms with E-state index in [0.717, 1.165) is 17.9 Å². The van der Waals surface area contributed by atoms with Crippen LogP contribution in [0.15, 0.2) is 36.4 Å². The van der Waals surface area contributed by atoms with Gasteiger partial charge < -0.3 is 4.74 Å². The van der Waals surface area contributed by atoms with E-state index < -0.39 is 0 Å². The average molecular weight is 322 g/mol. The summed E-state index contributed by atoms with van der Waals surface area (Å²) in [4.78, 5) is 3.61. The second-order valence-electron chi connectivity index (χ2n) is 6.88. The normalized spacial score (nSPS) is 21.7. The molecule has 3 N–H and O–H groups in total. The molecule has 1 aliphatic carbocycles. The van der Waals surface area contributed by atoms with E-state index >= 15 is 0 Å². The van der Waals surface area contributed by atoms with Crippen molar-refractivity contribution in [3.63, 3.8) is 0 Å². The van der Waals surface area contributed by atoms with Gasteiger partial charge in [-0.3, -0.25) is 4.99 Å². The highest BCUT2D eigenvalue weighted by molar-refractivity contribution is 5.80. The number of ether oxygens (including phenoxy) is 1. The van der Waals surface area contributed by atoms with Crippen LogP contribution in [-0.4, -0.2) is 18.5 Å². The van der Waals surface area contributed by atoms with Crippen LogP contribution in [0.5, 0.6) is 0 Å². The summed E-state index contributed by atoms with van der Waals surface area (Å²) in [5.74, 6) is 0.979. The number of hydrogen-bond acceptors (Lipinski definition) is 3. The van der Waals surface area contributed by atoms with Gasteiger partial charge in [-0.1, -0.05) is 42.0 Å². The third kappa shape index (κ3) is 2.67. The van der Waals surface area contributed by atoms with Gasteiger partial charge in [0, 0.05) is 12.0 Å². The highest BCUT2D eigenvalue weighted by Gasteiger charge is 2.38. The molecule has 4 nitrogen and oxygen atoms in total. The molecule has 0 saturated heterocycles. The van der Waals surface area contributed by atoms with Crippen molar-refractivity contribution in [1.82, 2.24) is 5.43 Å². The zero-order chi connectivity index (χ0) is 16.7. The average Bonchev–Trinajstić information content (AvgIpc) is 2.92. The fourth-order valence-electron chi connectivity index (χ4n) is 3.89. The van der Waals surface area contributed by atoms with Gasteiger partial charge >= 0.3 is 0 Å². The van der Waals surface area contributed by atoms with Crippen LogP contribution in [0.2, 0.25) is 0 Å². The molecule has 0 unspecified atom stereocenters. The SMILES string of the molecule is Cc1cc(C)c(NNC2=[NH+][C@@H]3c4ccccc4C[C@@H]3OC2)c(C)c1. The van der Waals surface area contributed by atoms with E-state index in [1.807, 2.05) is 0 Å². The molecule has 4 heteroatoms. The van der Waals surface area contributed by atoms with Crippen molar-refractivity contribution < 1.29 is 9.73 Å². The lowest BCUT2D eigenvalue weighted by atomic mass is 10.1. The van der Waals surface area contributed by atoms with E-state index in [2.05, 4.69) is 73.0 Å². The molecule has 24 heavy (non-hydrogen) atoms. The molecular formula is C20H24N3O+. The van der Waals surface area contributed by atoms with Crippen LogP contribution in [-0.2, 0) is 11.2 Å². The number of aryl methyl sites for hydroxylation is 3. The van der Waals surface area contributed by atoms with Gasteiger partial charge in [-0.25, -0.2) is 5.43 Å². The van der Waals surface area contributed by atoms with Gasteiger partial charge in [0.2, 0.25) is 0 Å². The molecule has 0 radical (unpaired) electrons. The molecule has 2 aromatic carbocycles. The summed E-state index contributed by atoms with van der Waals surface area (Å²) in [5, 5.41) is 0. The number of amidine groups is 1. The molecule has 124 valence electrons. The maximum Gasteiger partial charge on any atom is 0.292 e. The molecule has 0 bridgehead atoms. The maximum absolute atomic E-state index is 6.06. The van der Waals surface area contributed by atoms with Gasteiger partial charge in [0.1, 0.15) is 18.8 Å². The summed E-state index contributed by atoms with van der Waals surface area (Å²) in [5.41, 5.74) is 14.3. The zero-order valence-electron chi connectivity index (χ0n) is 14.4. The molecule has 2 aliphatic rings. The largest absolute Gasteiger partial charge is 0.360 e. The molecule has 4 rings (SSSR count). The Balaban J connectivity index is 1.53. The summed E-state index contributed by atoms with van der Waals surface area (Å²) in [6.07, 6.45) is 1.22. The smallest absolute Gasteiger partial charge is 0.292 e. The number of hydrazine groups is 1. The third-order valence-corrected chi connectivity index (χ3v) is 4.97. The maximum atomic E-state index is 6.06. The van der Waals surface area contributed by atoms with Crippen LogP contribution in [0.1, 0.15) is 33.9 Å². The molecule has 0 aromatic heterocycles. The summed E-state index contributed by atoms with van der Waals surface area (Å²) in [7, 11) is 0. The van der Waals surface area contributed by atoms with Crippen molar-refractivity contribution in [1.29, 1.82) is 0 Å². The summed E-state index contributed by atoms with van der Waals surface area (Å²) in [6, 6.07) is 13.2. The Morgan fingerprint density at radius 1 is 1.04 bits per heavy atom. The lowest BCUT2D eigenvalue weighted by Crippen LogP contribution is -2.83. The molecule has 2 atom stereocenters. The molecule has 0 fully saturated rings. The van der Waals surface area contributed by atoms with Crippen molar-refractivity contribution in [2.45, 2.75) is 39.3 Å². The van der Waals surface area contributed by atoms with E-state index in [9.17, 15) is 0 Å².